The van der Waals surface area contributed by atoms with Gasteiger partial charge in [0.2, 0.25) is 10.0 Å². The number of amides is 1. The number of methoxy groups -OCH3 is 1. The Morgan fingerprint density at radius 2 is 1.81 bits per heavy atom. The second-order valence-corrected chi connectivity index (χ2v) is 10.8. The predicted octanol–water partition coefficient (Wildman–Crippen LogP) is 4.27. The van der Waals surface area contributed by atoms with Gasteiger partial charge >= 0.3 is 0 Å². The van der Waals surface area contributed by atoms with Gasteiger partial charge in [-0.3, -0.25) is 4.79 Å². The lowest BCUT2D eigenvalue weighted by atomic mass is 9.94. The van der Waals surface area contributed by atoms with Crippen molar-refractivity contribution in [3.63, 3.8) is 0 Å². The van der Waals surface area contributed by atoms with Crippen LogP contribution in [0.1, 0.15) is 49.0 Å². The van der Waals surface area contributed by atoms with Gasteiger partial charge < -0.3 is 10.1 Å². The molecule has 0 atom stereocenters. The van der Waals surface area contributed by atoms with Crippen molar-refractivity contribution in [3.8, 4) is 5.75 Å². The maximum absolute atomic E-state index is 13.1. The maximum Gasteiger partial charge on any atom is 0.251 e. The van der Waals surface area contributed by atoms with Gasteiger partial charge in [0, 0.05) is 24.2 Å². The van der Waals surface area contributed by atoms with E-state index in [-0.39, 0.29) is 21.4 Å². The molecule has 1 saturated heterocycles. The number of carbonyl (C=O) groups is 1. The second-order valence-electron chi connectivity index (χ2n) is 8.44. The van der Waals surface area contributed by atoms with Crippen LogP contribution in [0.3, 0.4) is 0 Å². The number of piperidine rings is 1. The van der Waals surface area contributed by atoms with Crippen molar-refractivity contribution < 1.29 is 17.9 Å². The Labute approximate surface area is 189 Å². The van der Waals surface area contributed by atoms with Crippen LogP contribution in [0, 0.1) is 0 Å². The van der Waals surface area contributed by atoms with Gasteiger partial charge in [-0.2, -0.15) is 4.31 Å². The summed E-state index contributed by atoms with van der Waals surface area (Å²) in [6.07, 6.45) is 3.22. The Morgan fingerprint density at radius 1 is 1.13 bits per heavy atom. The topological polar surface area (TPSA) is 75.7 Å². The Morgan fingerprint density at radius 3 is 2.48 bits per heavy atom. The van der Waals surface area contributed by atoms with Crippen LogP contribution in [0.25, 0.3) is 0 Å². The summed E-state index contributed by atoms with van der Waals surface area (Å²) in [6.45, 7) is 4.78. The number of carbonyl (C=O) groups excluding carboxylic acids is 1. The number of ether oxygens (including phenoxy) is 1. The molecule has 1 N–H and O–H groups in total. The van der Waals surface area contributed by atoms with Crippen LogP contribution >= 0.6 is 11.6 Å². The standard InChI is InChI=1S/C23H29ClN2O4S/c1-23(2,16-18-9-5-6-10-20(18)30-3)25-22(27)17-11-12-19(24)21(15-17)31(28,29)26-13-7-4-8-14-26/h5-6,9-12,15H,4,7-8,13-14,16H2,1-3H3,(H,25,27). The van der Waals surface area contributed by atoms with Crippen molar-refractivity contribution in [1.29, 1.82) is 0 Å². The number of hydrogen-bond acceptors (Lipinski definition) is 4. The summed E-state index contributed by atoms with van der Waals surface area (Å²) in [5.74, 6) is 0.401. The monoisotopic (exact) mass is 464 g/mol. The average Bonchev–Trinajstić information content (AvgIpc) is 2.74. The molecular weight excluding hydrogens is 436 g/mol. The lowest BCUT2D eigenvalue weighted by molar-refractivity contribution is 0.0912. The molecule has 0 aliphatic carbocycles. The molecule has 0 saturated carbocycles. The number of nitrogens with one attached hydrogen (secondary N) is 1. The predicted molar refractivity (Wildman–Crippen MR) is 122 cm³/mol. The lowest BCUT2D eigenvalue weighted by Gasteiger charge is -2.28. The molecule has 1 amide bonds. The van der Waals surface area contributed by atoms with E-state index in [4.69, 9.17) is 16.3 Å². The summed E-state index contributed by atoms with van der Waals surface area (Å²) in [5.41, 5.74) is 0.643. The fourth-order valence-electron chi connectivity index (χ4n) is 3.84. The highest BCUT2D eigenvalue weighted by Gasteiger charge is 2.30. The fraction of sp³-hybridized carbons (Fsp3) is 0.435. The maximum atomic E-state index is 13.1. The van der Waals surface area contributed by atoms with Gasteiger partial charge in [-0.1, -0.05) is 36.2 Å². The molecule has 8 heteroatoms. The molecule has 1 aliphatic rings. The third kappa shape index (κ3) is 5.59. The summed E-state index contributed by atoms with van der Waals surface area (Å²) in [6, 6.07) is 12.1. The van der Waals surface area contributed by atoms with Gasteiger partial charge in [0.15, 0.2) is 0 Å². The number of sulfonamides is 1. The molecule has 168 valence electrons. The van der Waals surface area contributed by atoms with Gasteiger partial charge in [-0.25, -0.2) is 8.42 Å². The minimum Gasteiger partial charge on any atom is -0.496 e. The first-order valence-corrected chi connectivity index (χ1v) is 12.2. The van der Waals surface area contributed by atoms with Gasteiger partial charge in [0.05, 0.1) is 12.1 Å². The van der Waals surface area contributed by atoms with Crippen LogP contribution < -0.4 is 10.1 Å². The second kappa shape index (κ2) is 9.59. The molecule has 0 bridgehead atoms. The SMILES string of the molecule is COc1ccccc1CC(C)(C)NC(=O)c1ccc(Cl)c(S(=O)(=O)N2CCCCC2)c1. The minimum atomic E-state index is -3.75. The summed E-state index contributed by atoms with van der Waals surface area (Å²) in [5, 5.41) is 3.12. The molecule has 3 rings (SSSR count). The number of rotatable bonds is 7. The minimum absolute atomic E-state index is 0.0220. The Balaban J connectivity index is 1.81. The molecule has 31 heavy (non-hydrogen) atoms. The van der Waals surface area contributed by atoms with Crippen molar-refractivity contribution in [1.82, 2.24) is 9.62 Å². The van der Waals surface area contributed by atoms with E-state index in [1.807, 2.05) is 38.1 Å². The molecule has 2 aromatic carbocycles. The van der Waals surface area contributed by atoms with E-state index in [1.165, 1.54) is 16.4 Å². The van der Waals surface area contributed by atoms with E-state index in [2.05, 4.69) is 5.32 Å². The molecule has 0 unspecified atom stereocenters. The summed E-state index contributed by atoms with van der Waals surface area (Å²) in [4.78, 5) is 13.0. The number of halogens is 1. The highest BCUT2D eigenvalue weighted by atomic mass is 35.5. The number of para-hydroxylation sites is 1. The van der Waals surface area contributed by atoms with E-state index in [0.29, 0.717) is 19.5 Å². The molecule has 0 spiro atoms. The summed E-state index contributed by atoms with van der Waals surface area (Å²) < 4.78 is 33.0. The molecule has 2 aromatic rings. The fourth-order valence-corrected chi connectivity index (χ4v) is 5.85. The normalized spacial score (nSPS) is 15.5. The zero-order chi connectivity index (χ0) is 22.6. The summed E-state index contributed by atoms with van der Waals surface area (Å²) in [7, 11) is -2.13. The van der Waals surface area contributed by atoms with E-state index < -0.39 is 15.6 Å². The highest BCUT2D eigenvalue weighted by Crippen LogP contribution is 2.28. The number of hydrogen-bond donors (Lipinski definition) is 1. The molecule has 0 aromatic heterocycles. The van der Waals surface area contributed by atoms with Crippen LogP contribution in [0.4, 0.5) is 0 Å². The first-order chi connectivity index (χ1) is 14.6. The number of benzene rings is 2. The Bertz CT molecular complexity index is 1050. The van der Waals surface area contributed by atoms with Gasteiger partial charge in [-0.15, -0.1) is 0 Å². The van der Waals surface area contributed by atoms with Gasteiger partial charge in [-0.05, 0) is 62.9 Å². The van der Waals surface area contributed by atoms with Crippen LogP contribution in [0.5, 0.6) is 5.75 Å². The molecule has 1 heterocycles. The van der Waals surface area contributed by atoms with E-state index in [1.54, 1.807) is 13.2 Å². The highest BCUT2D eigenvalue weighted by molar-refractivity contribution is 7.89. The van der Waals surface area contributed by atoms with E-state index >= 15 is 0 Å². The van der Waals surface area contributed by atoms with Gasteiger partial charge in [0.1, 0.15) is 10.6 Å². The van der Waals surface area contributed by atoms with E-state index in [0.717, 1.165) is 30.6 Å². The molecular formula is C23H29ClN2O4S. The molecule has 1 aliphatic heterocycles. The van der Waals surface area contributed by atoms with Crippen LogP contribution in [0.15, 0.2) is 47.4 Å². The van der Waals surface area contributed by atoms with Crippen LogP contribution in [0.2, 0.25) is 5.02 Å². The average molecular weight is 465 g/mol. The van der Waals surface area contributed by atoms with Crippen molar-refractivity contribution in [2.24, 2.45) is 0 Å². The van der Waals surface area contributed by atoms with Gasteiger partial charge in [0.25, 0.3) is 5.91 Å². The van der Waals surface area contributed by atoms with Crippen molar-refractivity contribution in [2.45, 2.75) is 50.0 Å². The first kappa shape index (κ1) is 23.6. The molecule has 6 nitrogen and oxygen atoms in total. The van der Waals surface area contributed by atoms with Crippen molar-refractivity contribution >= 4 is 27.5 Å². The molecule has 0 radical (unpaired) electrons. The Hall–Kier alpha value is -2.09. The van der Waals surface area contributed by atoms with Crippen LogP contribution in [-0.2, 0) is 16.4 Å². The molecule has 1 fully saturated rings. The Kier molecular flexibility index (Phi) is 7.29. The zero-order valence-corrected chi connectivity index (χ0v) is 19.7. The van der Waals surface area contributed by atoms with Crippen molar-refractivity contribution in [3.05, 3.63) is 58.6 Å². The number of nitrogens with zero attached hydrogens (tertiary/aromatic N) is 1. The lowest BCUT2D eigenvalue weighted by Crippen LogP contribution is -2.45. The summed E-state index contributed by atoms with van der Waals surface area (Å²) >= 11 is 6.23. The van der Waals surface area contributed by atoms with Crippen molar-refractivity contribution in [2.75, 3.05) is 20.2 Å². The third-order valence-corrected chi connectivity index (χ3v) is 7.78. The zero-order valence-electron chi connectivity index (χ0n) is 18.2. The van der Waals surface area contributed by atoms with Crippen LogP contribution in [-0.4, -0.2) is 44.4 Å². The largest absolute Gasteiger partial charge is 0.496 e. The first-order valence-electron chi connectivity index (χ1n) is 10.4. The van der Waals surface area contributed by atoms with E-state index in [9.17, 15) is 13.2 Å². The quantitative estimate of drug-likeness (QED) is 0.663. The smallest absolute Gasteiger partial charge is 0.251 e. The third-order valence-electron chi connectivity index (χ3n) is 5.40.